The molecule has 11 rings (SSSR count). The first kappa shape index (κ1) is 24.1. The van der Waals surface area contributed by atoms with Crippen LogP contribution in [0.1, 0.15) is 0 Å². The Morgan fingerprint density at radius 2 is 0.848 bits per heavy atom. The van der Waals surface area contributed by atoms with Gasteiger partial charge in [0.2, 0.25) is 0 Å². The van der Waals surface area contributed by atoms with Gasteiger partial charge in [-0.3, -0.25) is 0 Å². The van der Waals surface area contributed by atoms with Gasteiger partial charge >= 0.3 is 0 Å². The fourth-order valence-corrected chi connectivity index (χ4v) is 7.88. The molecule has 214 valence electrons. The van der Waals surface area contributed by atoms with Gasteiger partial charge in [-0.05, 0) is 60.7 Å². The second-order valence-corrected chi connectivity index (χ2v) is 12.2. The summed E-state index contributed by atoms with van der Waals surface area (Å²) in [5, 5.41) is 9.55. The van der Waals surface area contributed by atoms with Gasteiger partial charge in [0, 0.05) is 60.0 Å². The van der Waals surface area contributed by atoms with Gasteiger partial charge in [-0.25, -0.2) is 0 Å². The Kier molecular flexibility index (Phi) is 4.55. The summed E-state index contributed by atoms with van der Waals surface area (Å²) in [6.45, 7) is 0. The highest BCUT2D eigenvalue weighted by Gasteiger charge is 2.21. The number of H-pyrrole nitrogens is 1. The molecule has 0 aliphatic carbocycles. The number of para-hydroxylation sites is 4. The fourth-order valence-electron chi connectivity index (χ4n) is 7.88. The van der Waals surface area contributed by atoms with E-state index in [2.05, 4.69) is 160 Å². The Bertz CT molecular complexity index is 2970. The number of benzene rings is 7. The van der Waals surface area contributed by atoms with Crippen LogP contribution in [-0.4, -0.2) is 14.1 Å². The Morgan fingerprint density at radius 1 is 0.370 bits per heavy atom. The molecule has 4 nitrogen and oxygen atoms in total. The van der Waals surface area contributed by atoms with Crippen molar-refractivity contribution in [2.24, 2.45) is 0 Å². The molecule has 4 aromatic heterocycles. The molecule has 0 saturated carbocycles. The van der Waals surface area contributed by atoms with Gasteiger partial charge in [-0.2, -0.15) is 0 Å². The lowest BCUT2D eigenvalue weighted by Gasteiger charge is -2.11. The molecule has 7 aromatic carbocycles. The number of aromatic nitrogens is 3. The zero-order valence-electron chi connectivity index (χ0n) is 24.7. The number of aromatic amines is 1. The molecule has 0 atom stereocenters. The highest BCUT2D eigenvalue weighted by molar-refractivity contribution is 6.25. The Hall–Kier alpha value is -6.26. The third-order valence-corrected chi connectivity index (χ3v) is 9.87. The van der Waals surface area contributed by atoms with Crippen molar-refractivity contribution in [3.8, 4) is 11.4 Å². The van der Waals surface area contributed by atoms with E-state index in [9.17, 15) is 0 Å². The van der Waals surface area contributed by atoms with E-state index in [1.807, 2.05) is 0 Å². The Morgan fingerprint density at radius 3 is 1.52 bits per heavy atom. The third-order valence-electron chi connectivity index (χ3n) is 9.87. The van der Waals surface area contributed by atoms with E-state index in [1.54, 1.807) is 0 Å². The molecule has 46 heavy (non-hydrogen) atoms. The molecule has 0 fully saturated rings. The zero-order valence-corrected chi connectivity index (χ0v) is 24.7. The Labute approximate surface area is 262 Å². The molecular weight excluding hydrogens is 562 g/mol. The van der Waals surface area contributed by atoms with Crippen LogP contribution in [0, 0.1) is 0 Å². The quantitative estimate of drug-likeness (QED) is 0.215. The maximum atomic E-state index is 6.92. The summed E-state index contributed by atoms with van der Waals surface area (Å²) in [7, 11) is 0. The van der Waals surface area contributed by atoms with Gasteiger partial charge < -0.3 is 18.5 Å². The molecule has 0 spiro atoms. The first-order valence-electron chi connectivity index (χ1n) is 15.7. The average Bonchev–Trinajstić information content (AvgIpc) is 3.86. The number of hydrogen-bond donors (Lipinski definition) is 1. The van der Waals surface area contributed by atoms with Gasteiger partial charge in [-0.15, -0.1) is 0 Å². The minimum absolute atomic E-state index is 0.898. The van der Waals surface area contributed by atoms with Crippen molar-refractivity contribution in [1.82, 2.24) is 14.1 Å². The summed E-state index contributed by atoms with van der Waals surface area (Å²) >= 11 is 0. The number of fused-ring (bicyclic) bond motifs is 14. The van der Waals surface area contributed by atoms with Crippen molar-refractivity contribution < 1.29 is 4.42 Å². The van der Waals surface area contributed by atoms with Gasteiger partial charge in [0.05, 0.1) is 27.6 Å². The summed E-state index contributed by atoms with van der Waals surface area (Å²) < 4.78 is 11.7. The van der Waals surface area contributed by atoms with Crippen molar-refractivity contribution in [2.75, 3.05) is 0 Å². The van der Waals surface area contributed by atoms with Gasteiger partial charge in [0.25, 0.3) is 0 Å². The first-order valence-corrected chi connectivity index (χ1v) is 15.7. The van der Waals surface area contributed by atoms with Gasteiger partial charge in [-0.1, -0.05) is 84.9 Å². The number of furan rings is 1. The van der Waals surface area contributed by atoms with Crippen LogP contribution in [0.25, 0.3) is 98.7 Å². The van der Waals surface area contributed by atoms with Crippen molar-refractivity contribution >= 4 is 87.4 Å². The second-order valence-electron chi connectivity index (χ2n) is 12.2. The molecule has 1 N–H and O–H groups in total. The monoisotopic (exact) mass is 587 g/mol. The lowest BCUT2D eigenvalue weighted by Crippen LogP contribution is -1.97. The third kappa shape index (κ3) is 3.03. The number of hydrogen-bond acceptors (Lipinski definition) is 1. The predicted octanol–water partition coefficient (Wildman–Crippen LogP) is 11.4. The summed E-state index contributed by atoms with van der Waals surface area (Å²) in [5.41, 5.74) is 10.9. The number of rotatable bonds is 2. The van der Waals surface area contributed by atoms with E-state index < -0.39 is 0 Å². The minimum atomic E-state index is 0.898. The molecule has 0 aliphatic heterocycles. The van der Waals surface area contributed by atoms with Crippen LogP contribution in [0.5, 0.6) is 0 Å². The zero-order chi connectivity index (χ0) is 29.9. The van der Waals surface area contributed by atoms with Crippen molar-refractivity contribution in [1.29, 1.82) is 0 Å². The smallest absolute Gasteiger partial charge is 0.160 e. The molecular formula is C42H25N3O. The highest BCUT2D eigenvalue weighted by atomic mass is 16.3. The maximum absolute atomic E-state index is 6.92. The van der Waals surface area contributed by atoms with Gasteiger partial charge in [0.15, 0.2) is 11.2 Å². The SMILES string of the molecule is c1ccc2c(c1)[nH]c1c2ccc2c3ccc4c5ccccc5n(-c5ccc(-n6c7ccccc7c7ccccc76)cc5)c4c3oc21. The lowest BCUT2D eigenvalue weighted by molar-refractivity contribution is 0.674. The molecule has 0 saturated heterocycles. The van der Waals surface area contributed by atoms with Crippen LogP contribution >= 0.6 is 0 Å². The van der Waals surface area contributed by atoms with Crippen molar-refractivity contribution in [2.45, 2.75) is 0 Å². The van der Waals surface area contributed by atoms with Crippen LogP contribution in [0.3, 0.4) is 0 Å². The van der Waals surface area contributed by atoms with E-state index in [0.29, 0.717) is 0 Å². The average molecular weight is 588 g/mol. The van der Waals surface area contributed by atoms with Crippen LogP contribution in [0.15, 0.2) is 150 Å². The normalized spacial score (nSPS) is 12.3. The van der Waals surface area contributed by atoms with E-state index >= 15 is 0 Å². The summed E-state index contributed by atoms with van der Waals surface area (Å²) in [6, 6.07) is 52.3. The fraction of sp³-hybridized carbons (Fsp3) is 0. The highest BCUT2D eigenvalue weighted by Crippen LogP contribution is 2.43. The summed E-state index contributed by atoms with van der Waals surface area (Å²) in [4.78, 5) is 3.64. The summed E-state index contributed by atoms with van der Waals surface area (Å²) in [5.74, 6) is 0. The molecule has 0 amide bonds. The largest absolute Gasteiger partial charge is 0.452 e. The molecule has 0 radical (unpaired) electrons. The van der Waals surface area contributed by atoms with Crippen LogP contribution in [-0.2, 0) is 0 Å². The number of nitrogens with zero attached hydrogens (tertiary/aromatic N) is 2. The van der Waals surface area contributed by atoms with E-state index in [0.717, 1.165) is 55.4 Å². The van der Waals surface area contributed by atoms with Crippen molar-refractivity contribution in [3.63, 3.8) is 0 Å². The molecule has 11 aromatic rings. The molecule has 4 heteroatoms. The standard InChI is InChI=1S/C42H25N3O/c1-5-13-35-27(9-1)31-21-23-33-34-24-22-32-30-12-4-8-16-38(30)45(40(32)42(34)46-41(33)39(31)43-35)26-19-17-25(18-20-26)44-36-14-6-2-10-28(36)29-11-3-7-15-37(29)44/h1-24,43H. The minimum Gasteiger partial charge on any atom is -0.452 e. The van der Waals surface area contributed by atoms with Crippen LogP contribution in [0.4, 0.5) is 0 Å². The molecule has 0 unspecified atom stereocenters. The lowest BCUT2D eigenvalue weighted by atomic mass is 10.1. The maximum Gasteiger partial charge on any atom is 0.160 e. The molecule has 0 bridgehead atoms. The van der Waals surface area contributed by atoms with Crippen LogP contribution in [0.2, 0.25) is 0 Å². The van der Waals surface area contributed by atoms with E-state index in [-0.39, 0.29) is 0 Å². The molecule has 0 aliphatic rings. The Balaban J connectivity index is 1.19. The van der Waals surface area contributed by atoms with E-state index in [4.69, 9.17) is 4.42 Å². The van der Waals surface area contributed by atoms with Gasteiger partial charge in [0.1, 0.15) is 0 Å². The number of nitrogens with one attached hydrogen (secondary N) is 1. The van der Waals surface area contributed by atoms with Crippen molar-refractivity contribution in [3.05, 3.63) is 146 Å². The summed E-state index contributed by atoms with van der Waals surface area (Å²) in [6.07, 6.45) is 0. The predicted molar refractivity (Wildman–Crippen MR) is 192 cm³/mol. The first-order chi connectivity index (χ1) is 22.8. The van der Waals surface area contributed by atoms with Crippen LogP contribution < -0.4 is 0 Å². The topological polar surface area (TPSA) is 38.8 Å². The van der Waals surface area contributed by atoms with E-state index in [1.165, 1.54) is 43.4 Å². The second kappa shape index (κ2) is 8.68. The molecule has 4 heterocycles.